The van der Waals surface area contributed by atoms with Gasteiger partial charge in [0.1, 0.15) is 23.7 Å². The van der Waals surface area contributed by atoms with Crippen molar-refractivity contribution < 1.29 is 14.6 Å². The summed E-state index contributed by atoms with van der Waals surface area (Å²) >= 11 is 0. The van der Waals surface area contributed by atoms with Gasteiger partial charge in [-0.15, -0.1) is 0 Å². The van der Waals surface area contributed by atoms with Crippen LogP contribution in [-0.2, 0) is 6.61 Å². The smallest absolute Gasteiger partial charge is 0.337 e. The lowest BCUT2D eigenvalue weighted by Gasteiger charge is -2.08. The number of carboxylic acid groups (broad SMARTS) is 1. The van der Waals surface area contributed by atoms with Crippen molar-refractivity contribution >= 4 is 17.0 Å². The van der Waals surface area contributed by atoms with E-state index in [1.165, 1.54) is 0 Å². The molecule has 0 saturated carbocycles. The lowest BCUT2D eigenvalue weighted by molar-refractivity contribution is 0.0699. The van der Waals surface area contributed by atoms with E-state index in [1.807, 2.05) is 84.9 Å². The Bertz CT molecular complexity index is 1370. The van der Waals surface area contributed by atoms with Crippen molar-refractivity contribution in [2.45, 2.75) is 6.61 Å². The molecule has 0 atom stereocenters. The van der Waals surface area contributed by atoms with E-state index in [-0.39, 0.29) is 5.56 Å². The fraction of sp³-hybridized carbons (Fsp3) is 0.0370. The Balaban J connectivity index is 1.33. The highest BCUT2D eigenvalue weighted by Gasteiger charge is 2.13. The van der Waals surface area contributed by atoms with Gasteiger partial charge in [0.15, 0.2) is 0 Å². The number of aromatic amines is 1. The number of imidazole rings is 1. The van der Waals surface area contributed by atoms with E-state index in [2.05, 4.69) is 9.97 Å². The van der Waals surface area contributed by atoms with E-state index in [0.717, 1.165) is 28.0 Å². The minimum absolute atomic E-state index is 0.191. The van der Waals surface area contributed by atoms with Crippen LogP contribution in [0.2, 0.25) is 0 Å². The van der Waals surface area contributed by atoms with Gasteiger partial charge in [-0.3, -0.25) is 0 Å². The first-order valence-corrected chi connectivity index (χ1v) is 10.3. The molecule has 4 aromatic carbocycles. The second-order valence-electron chi connectivity index (χ2n) is 7.47. The molecule has 5 rings (SSSR count). The first kappa shape index (κ1) is 19.6. The molecule has 2 N–H and O–H groups in total. The molecule has 0 radical (unpaired) electrons. The third-order valence-corrected chi connectivity index (χ3v) is 5.34. The van der Waals surface area contributed by atoms with Crippen molar-refractivity contribution in [2.24, 2.45) is 0 Å². The van der Waals surface area contributed by atoms with E-state index >= 15 is 0 Å². The highest BCUT2D eigenvalue weighted by molar-refractivity contribution is 6.01. The van der Waals surface area contributed by atoms with Gasteiger partial charge in [-0.1, -0.05) is 72.8 Å². The Kier molecular flexibility index (Phi) is 5.14. The van der Waals surface area contributed by atoms with Crippen molar-refractivity contribution in [2.75, 3.05) is 0 Å². The average molecular weight is 420 g/mol. The van der Waals surface area contributed by atoms with Crippen LogP contribution in [0.4, 0.5) is 0 Å². The summed E-state index contributed by atoms with van der Waals surface area (Å²) in [5.41, 5.74) is 5.54. The summed E-state index contributed by atoms with van der Waals surface area (Å²) in [5, 5.41) is 9.37. The van der Waals surface area contributed by atoms with Gasteiger partial charge in [0.2, 0.25) is 0 Å². The number of ether oxygens (including phenoxy) is 1. The topological polar surface area (TPSA) is 75.2 Å². The van der Waals surface area contributed by atoms with Gasteiger partial charge in [-0.25, -0.2) is 9.78 Å². The molecule has 5 aromatic rings. The lowest BCUT2D eigenvalue weighted by atomic mass is 10.0. The van der Waals surface area contributed by atoms with E-state index in [4.69, 9.17) is 4.74 Å². The zero-order chi connectivity index (χ0) is 21.9. The van der Waals surface area contributed by atoms with Gasteiger partial charge in [0.05, 0.1) is 11.1 Å². The zero-order valence-electron chi connectivity index (χ0n) is 17.2. The molecular formula is C27H20N2O3. The second kappa shape index (κ2) is 8.40. The lowest BCUT2D eigenvalue weighted by Crippen LogP contribution is -1.96. The van der Waals surface area contributed by atoms with Crippen LogP contribution >= 0.6 is 0 Å². The molecule has 0 aliphatic carbocycles. The van der Waals surface area contributed by atoms with Crippen molar-refractivity contribution in [3.8, 4) is 28.3 Å². The number of nitrogens with one attached hydrogen (secondary N) is 1. The van der Waals surface area contributed by atoms with Crippen LogP contribution in [-0.4, -0.2) is 21.0 Å². The van der Waals surface area contributed by atoms with Crippen LogP contribution in [0.25, 0.3) is 33.5 Å². The summed E-state index contributed by atoms with van der Waals surface area (Å²) in [6, 6.07) is 31.2. The van der Waals surface area contributed by atoms with Crippen LogP contribution in [0.3, 0.4) is 0 Å². The number of rotatable bonds is 6. The van der Waals surface area contributed by atoms with Gasteiger partial charge >= 0.3 is 5.97 Å². The number of H-pyrrole nitrogens is 1. The molecule has 0 saturated heterocycles. The summed E-state index contributed by atoms with van der Waals surface area (Å²) in [4.78, 5) is 19.2. The molecule has 1 aromatic heterocycles. The molecule has 0 bridgehead atoms. The van der Waals surface area contributed by atoms with Crippen molar-refractivity contribution in [1.29, 1.82) is 0 Å². The number of para-hydroxylation sites is 1. The fourth-order valence-electron chi connectivity index (χ4n) is 3.65. The number of fused-ring (bicyclic) bond motifs is 1. The second-order valence-corrected chi connectivity index (χ2v) is 7.47. The summed E-state index contributed by atoms with van der Waals surface area (Å²) < 4.78 is 5.86. The Labute approximate surface area is 185 Å². The molecule has 5 heteroatoms. The van der Waals surface area contributed by atoms with Crippen molar-refractivity contribution in [1.82, 2.24) is 9.97 Å². The van der Waals surface area contributed by atoms with Crippen LogP contribution in [0.15, 0.2) is 97.1 Å². The molecule has 1 heterocycles. The molecule has 156 valence electrons. The predicted octanol–water partition coefficient (Wildman–Crippen LogP) is 6.17. The van der Waals surface area contributed by atoms with Gasteiger partial charge in [0, 0.05) is 5.56 Å². The number of aromatic carboxylic acids is 1. The minimum Gasteiger partial charge on any atom is -0.489 e. The molecule has 0 fully saturated rings. The number of benzene rings is 4. The van der Waals surface area contributed by atoms with Crippen molar-refractivity contribution in [3.63, 3.8) is 0 Å². The fourth-order valence-corrected chi connectivity index (χ4v) is 3.65. The summed E-state index contributed by atoms with van der Waals surface area (Å²) in [6.45, 7) is 0.538. The van der Waals surface area contributed by atoms with E-state index in [9.17, 15) is 9.90 Å². The first-order chi connectivity index (χ1) is 15.7. The maximum Gasteiger partial charge on any atom is 0.337 e. The van der Waals surface area contributed by atoms with Crippen LogP contribution in [0, 0.1) is 0 Å². The van der Waals surface area contributed by atoms with Crippen molar-refractivity contribution in [3.05, 3.63) is 108 Å². The van der Waals surface area contributed by atoms with E-state index in [0.29, 0.717) is 23.5 Å². The monoisotopic (exact) mass is 420 g/mol. The third kappa shape index (κ3) is 3.96. The quantitative estimate of drug-likeness (QED) is 0.344. The summed E-state index contributed by atoms with van der Waals surface area (Å²) in [5.74, 6) is 0.482. The number of hydrogen-bond acceptors (Lipinski definition) is 3. The third-order valence-electron chi connectivity index (χ3n) is 5.34. The predicted molar refractivity (Wildman–Crippen MR) is 125 cm³/mol. The van der Waals surface area contributed by atoms with E-state index in [1.54, 1.807) is 12.1 Å². The van der Waals surface area contributed by atoms with Crippen LogP contribution in [0.5, 0.6) is 5.75 Å². The van der Waals surface area contributed by atoms with Crippen LogP contribution in [0.1, 0.15) is 15.9 Å². The number of carboxylic acids is 1. The zero-order valence-corrected chi connectivity index (χ0v) is 17.2. The maximum absolute atomic E-state index is 11.4. The van der Waals surface area contributed by atoms with Crippen LogP contribution < -0.4 is 4.74 Å². The number of carbonyl (C=O) groups is 1. The van der Waals surface area contributed by atoms with Gasteiger partial charge < -0.3 is 14.8 Å². The van der Waals surface area contributed by atoms with Gasteiger partial charge in [-0.05, 0) is 41.0 Å². The highest BCUT2D eigenvalue weighted by atomic mass is 16.5. The Morgan fingerprint density at radius 2 is 1.44 bits per heavy atom. The molecule has 32 heavy (non-hydrogen) atoms. The maximum atomic E-state index is 11.4. The first-order valence-electron chi connectivity index (χ1n) is 10.3. The normalized spacial score (nSPS) is 10.9. The van der Waals surface area contributed by atoms with E-state index < -0.39 is 5.97 Å². The summed E-state index contributed by atoms with van der Waals surface area (Å²) in [6.07, 6.45) is 0. The molecule has 0 amide bonds. The molecule has 0 spiro atoms. The Hall–Kier alpha value is -4.38. The molecule has 0 unspecified atom stereocenters. The van der Waals surface area contributed by atoms with Gasteiger partial charge in [-0.2, -0.15) is 0 Å². The number of nitrogens with zero attached hydrogens (tertiary/aromatic N) is 1. The molecule has 0 aliphatic rings. The Morgan fingerprint density at radius 3 is 2.12 bits per heavy atom. The van der Waals surface area contributed by atoms with Gasteiger partial charge in [0.25, 0.3) is 0 Å². The average Bonchev–Trinajstić information content (AvgIpc) is 3.28. The Morgan fingerprint density at radius 1 is 0.781 bits per heavy atom. The SMILES string of the molecule is O=C(O)c1cccc2[nH]c(-c3ccc(-c4ccc(OCc5ccccc5)cc4)cc3)nc12. The standard InChI is InChI=1S/C27H20N2O3/c30-27(31)23-7-4-8-24-25(23)29-26(28-24)21-11-9-19(10-12-21)20-13-15-22(16-14-20)32-17-18-5-2-1-3-6-18/h1-16H,17H2,(H,28,29)(H,30,31). The highest BCUT2D eigenvalue weighted by Crippen LogP contribution is 2.27. The minimum atomic E-state index is -0.986. The largest absolute Gasteiger partial charge is 0.489 e. The summed E-state index contributed by atoms with van der Waals surface area (Å²) in [7, 11) is 0. The number of aromatic nitrogens is 2. The number of hydrogen-bond donors (Lipinski definition) is 2. The molecular weight excluding hydrogens is 400 g/mol. The molecule has 5 nitrogen and oxygen atoms in total. The molecule has 0 aliphatic heterocycles.